The molecule has 0 aliphatic carbocycles. The van der Waals surface area contributed by atoms with E-state index in [-0.39, 0.29) is 10.8 Å². The van der Waals surface area contributed by atoms with E-state index in [1.54, 1.807) is 18.2 Å². The minimum atomic E-state index is -0.507. The Kier molecular flexibility index (Phi) is 4.23. The van der Waals surface area contributed by atoms with Crippen molar-refractivity contribution in [3.63, 3.8) is 0 Å². The van der Waals surface area contributed by atoms with Crippen LogP contribution < -0.4 is 5.73 Å². The molecule has 100 valence electrons. The van der Waals surface area contributed by atoms with Gasteiger partial charge in [-0.25, -0.2) is 4.39 Å². The zero-order valence-electron chi connectivity index (χ0n) is 10.9. The Bertz CT molecular complexity index is 552. The van der Waals surface area contributed by atoms with Gasteiger partial charge in [-0.2, -0.15) is 0 Å². The Balaban J connectivity index is 2.15. The van der Waals surface area contributed by atoms with Gasteiger partial charge < -0.3 is 5.73 Å². The summed E-state index contributed by atoms with van der Waals surface area (Å²) in [5.41, 5.74) is 7.49. The standard InChI is InChI=1S/C16H17ClFN/c1-16(19,10-12-6-3-2-4-7-12)11-13-8-5-9-14(17)15(13)18/h2-9H,10-11,19H2,1H3. The molecular weight excluding hydrogens is 261 g/mol. The van der Waals surface area contributed by atoms with Crippen LogP contribution in [0.15, 0.2) is 48.5 Å². The number of hydrogen-bond donors (Lipinski definition) is 1. The molecule has 2 aromatic carbocycles. The molecule has 0 bridgehead atoms. The molecule has 1 unspecified atom stereocenters. The normalized spacial score (nSPS) is 14.1. The van der Waals surface area contributed by atoms with Gasteiger partial charge in [-0.1, -0.05) is 54.1 Å². The van der Waals surface area contributed by atoms with Crippen molar-refractivity contribution in [3.8, 4) is 0 Å². The van der Waals surface area contributed by atoms with Crippen LogP contribution in [-0.4, -0.2) is 5.54 Å². The van der Waals surface area contributed by atoms with Crippen LogP contribution in [0.25, 0.3) is 0 Å². The van der Waals surface area contributed by atoms with Gasteiger partial charge in [-0.3, -0.25) is 0 Å². The number of rotatable bonds is 4. The highest BCUT2D eigenvalue weighted by Crippen LogP contribution is 2.23. The topological polar surface area (TPSA) is 26.0 Å². The highest BCUT2D eigenvalue weighted by molar-refractivity contribution is 6.30. The van der Waals surface area contributed by atoms with Gasteiger partial charge in [0.15, 0.2) is 0 Å². The summed E-state index contributed by atoms with van der Waals surface area (Å²) in [6, 6.07) is 15.0. The Morgan fingerprint density at radius 3 is 2.42 bits per heavy atom. The van der Waals surface area contributed by atoms with E-state index < -0.39 is 5.54 Å². The van der Waals surface area contributed by atoms with E-state index in [0.717, 1.165) is 5.56 Å². The average molecular weight is 278 g/mol. The third kappa shape index (κ3) is 3.79. The first-order chi connectivity index (χ1) is 8.98. The van der Waals surface area contributed by atoms with Crippen LogP contribution in [0.1, 0.15) is 18.1 Å². The second-order valence-electron chi connectivity index (χ2n) is 5.21. The second-order valence-corrected chi connectivity index (χ2v) is 5.61. The second kappa shape index (κ2) is 5.72. The molecule has 0 saturated carbocycles. The van der Waals surface area contributed by atoms with E-state index in [0.29, 0.717) is 18.4 Å². The van der Waals surface area contributed by atoms with Crippen LogP contribution in [0.5, 0.6) is 0 Å². The maximum atomic E-state index is 13.9. The Morgan fingerprint density at radius 1 is 1.05 bits per heavy atom. The van der Waals surface area contributed by atoms with Crippen molar-refractivity contribution >= 4 is 11.6 Å². The fourth-order valence-electron chi connectivity index (χ4n) is 2.24. The number of benzene rings is 2. The minimum absolute atomic E-state index is 0.146. The predicted molar refractivity (Wildman–Crippen MR) is 77.9 cm³/mol. The van der Waals surface area contributed by atoms with Gasteiger partial charge in [0.25, 0.3) is 0 Å². The summed E-state index contributed by atoms with van der Waals surface area (Å²) in [5.74, 6) is -0.367. The Labute approximate surface area is 118 Å². The molecule has 2 aromatic rings. The van der Waals surface area contributed by atoms with E-state index in [4.69, 9.17) is 17.3 Å². The van der Waals surface area contributed by atoms with Crippen LogP contribution in [0.4, 0.5) is 4.39 Å². The molecule has 3 heteroatoms. The summed E-state index contributed by atoms with van der Waals surface area (Å²) in [6.07, 6.45) is 1.15. The van der Waals surface area contributed by atoms with E-state index in [2.05, 4.69) is 0 Å². The monoisotopic (exact) mass is 277 g/mol. The van der Waals surface area contributed by atoms with E-state index in [1.807, 2.05) is 37.3 Å². The number of nitrogens with two attached hydrogens (primary N) is 1. The first-order valence-electron chi connectivity index (χ1n) is 6.24. The fraction of sp³-hybridized carbons (Fsp3) is 0.250. The first-order valence-corrected chi connectivity index (χ1v) is 6.61. The molecule has 0 aliphatic rings. The maximum Gasteiger partial charge on any atom is 0.145 e. The summed E-state index contributed by atoms with van der Waals surface area (Å²) in [7, 11) is 0. The molecule has 19 heavy (non-hydrogen) atoms. The molecule has 2 N–H and O–H groups in total. The average Bonchev–Trinajstić information content (AvgIpc) is 2.35. The minimum Gasteiger partial charge on any atom is -0.325 e. The smallest absolute Gasteiger partial charge is 0.145 e. The van der Waals surface area contributed by atoms with Crippen molar-refractivity contribution in [1.29, 1.82) is 0 Å². The molecule has 0 aliphatic heterocycles. The lowest BCUT2D eigenvalue weighted by molar-refractivity contribution is 0.451. The highest BCUT2D eigenvalue weighted by Gasteiger charge is 2.22. The van der Waals surface area contributed by atoms with E-state index in [9.17, 15) is 4.39 Å². The highest BCUT2D eigenvalue weighted by atomic mass is 35.5. The molecule has 1 nitrogen and oxygen atoms in total. The van der Waals surface area contributed by atoms with E-state index in [1.165, 1.54) is 0 Å². The number of halogens is 2. The Morgan fingerprint density at radius 2 is 1.74 bits per heavy atom. The third-order valence-electron chi connectivity index (χ3n) is 3.08. The number of hydrogen-bond acceptors (Lipinski definition) is 1. The zero-order valence-corrected chi connectivity index (χ0v) is 11.6. The van der Waals surface area contributed by atoms with Crippen LogP contribution >= 0.6 is 11.6 Å². The zero-order chi connectivity index (χ0) is 13.9. The molecule has 0 saturated heterocycles. The summed E-state index contributed by atoms with van der Waals surface area (Å²) in [6.45, 7) is 1.93. The lowest BCUT2D eigenvalue weighted by Crippen LogP contribution is -2.41. The summed E-state index contributed by atoms with van der Waals surface area (Å²) in [5, 5.41) is 0.146. The van der Waals surface area contributed by atoms with Crippen molar-refractivity contribution in [3.05, 3.63) is 70.5 Å². The molecule has 0 fully saturated rings. The summed E-state index contributed by atoms with van der Waals surface area (Å²) in [4.78, 5) is 0. The summed E-state index contributed by atoms with van der Waals surface area (Å²) < 4.78 is 13.9. The quantitative estimate of drug-likeness (QED) is 0.899. The first kappa shape index (κ1) is 14.0. The van der Waals surface area contributed by atoms with Crippen LogP contribution in [-0.2, 0) is 12.8 Å². The van der Waals surface area contributed by atoms with Gasteiger partial charge >= 0.3 is 0 Å². The lowest BCUT2D eigenvalue weighted by atomic mass is 9.87. The third-order valence-corrected chi connectivity index (χ3v) is 3.37. The Hall–Kier alpha value is -1.38. The van der Waals surface area contributed by atoms with Crippen molar-refractivity contribution in [2.24, 2.45) is 5.73 Å². The molecule has 0 aromatic heterocycles. The van der Waals surface area contributed by atoms with Gasteiger partial charge in [0.1, 0.15) is 5.82 Å². The largest absolute Gasteiger partial charge is 0.325 e. The van der Waals surface area contributed by atoms with Gasteiger partial charge in [0.2, 0.25) is 0 Å². The summed E-state index contributed by atoms with van der Waals surface area (Å²) >= 11 is 5.79. The molecule has 0 radical (unpaired) electrons. The molecule has 0 heterocycles. The molecule has 0 spiro atoms. The van der Waals surface area contributed by atoms with E-state index >= 15 is 0 Å². The SMILES string of the molecule is CC(N)(Cc1ccccc1)Cc1cccc(Cl)c1F. The van der Waals surface area contributed by atoms with Gasteiger partial charge in [0, 0.05) is 5.54 Å². The predicted octanol–water partition coefficient (Wildman–Crippen LogP) is 3.98. The molecule has 0 amide bonds. The lowest BCUT2D eigenvalue weighted by Gasteiger charge is -2.25. The molecule has 1 atom stereocenters. The van der Waals surface area contributed by atoms with Crippen molar-refractivity contribution in [2.75, 3.05) is 0 Å². The fourth-order valence-corrected chi connectivity index (χ4v) is 2.44. The molecule has 2 rings (SSSR count). The van der Waals surface area contributed by atoms with Gasteiger partial charge in [-0.15, -0.1) is 0 Å². The van der Waals surface area contributed by atoms with Crippen molar-refractivity contribution < 1.29 is 4.39 Å². The van der Waals surface area contributed by atoms with Crippen LogP contribution in [0.2, 0.25) is 5.02 Å². The van der Waals surface area contributed by atoms with Gasteiger partial charge in [-0.05, 0) is 37.0 Å². The maximum absolute atomic E-state index is 13.9. The van der Waals surface area contributed by atoms with Crippen molar-refractivity contribution in [1.82, 2.24) is 0 Å². The van der Waals surface area contributed by atoms with Gasteiger partial charge in [0.05, 0.1) is 5.02 Å². The molecular formula is C16H17ClFN. The van der Waals surface area contributed by atoms with Crippen molar-refractivity contribution in [2.45, 2.75) is 25.3 Å². The van der Waals surface area contributed by atoms with Crippen LogP contribution in [0.3, 0.4) is 0 Å². The van der Waals surface area contributed by atoms with Crippen LogP contribution in [0, 0.1) is 5.82 Å².